The molecule has 1 saturated heterocycles. The van der Waals surface area contributed by atoms with Crippen LogP contribution in [0.25, 0.3) is 0 Å². The molecular weight excluding hydrogens is 262 g/mol. The Bertz CT molecular complexity index is 336. The monoisotopic (exact) mass is 291 g/mol. The largest absolute Gasteiger partial charge is 0.316 e. The first-order valence-corrected chi connectivity index (χ1v) is 8.85. The van der Waals surface area contributed by atoms with E-state index in [-0.39, 0.29) is 0 Å². The third-order valence-corrected chi connectivity index (χ3v) is 5.05. The van der Waals surface area contributed by atoms with Gasteiger partial charge < -0.3 is 5.32 Å². The summed E-state index contributed by atoms with van der Waals surface area (Å²) >= 11 is 0. The van der Waals surface area contributed by atoms with Crippen molar-refractivity contribution < 1.29 is 8.42 Å². The van der Waals surface area contributed by atoms with Crippen molar-refractivity contribution >= 4 is 10.2 Å². The van der Waals surface area contributed by atoms with Crippen LogP contribution < -0.4 is 10.0 Å². The molecule has 0 atom stereocenters. The van der Waals surface area contributed by atoms with Gasteiger partial charge in [0.1, 0.15) is 0 Å². The zero-order valence-corrected chi connectivity index (χ0v) is 13.3. The Kier molecular flexibility index (Phi) is 7.28. The fourth-order valence-electron chi connectivity index (χ4n) is 2.25. The maximum Gasteiger partial charge on any atom is 0.279 e. The van der Waals surface area contributed by atoms with E-state index in [1.807, 2.05) is 6.92 Å². The van der Waals surface area contributed by atoms with Crippen molar-refractivity contribution in [2.75, 3.05) is 32.7 Å². The lowest BCUT2D eigenvalue weighted by Crippen LogP contribution is -2.46. The third-order valence-electron chi connectivity index (χ3n) is 3.43. The van der Waals surface area contributed by atoms with Gasteiger partial charge in [0.05, 0.1) is 0 Å². The molecule has 0 aromatic rings. The number of nitrogens with zero attached hydrogens (tertiary/aromatic N) is 1. The Morgan fingerprint density at radius 2 is 1.89 bits per heavy atom. The first-order chi connectivity index (χ1) is 8.95. The maximum absolute atomic E-state index is 12.0. The van der Waals surface area contributed by atoms with Gasteiger partial charge in [-0.25, -0.2) is 4.72 Å². The predicted molar refractivity (Wildman–Crippen MR) is 79.2 cm³/mol. The molecule has 0 spiro atoms. The molecule has 1 fully saturated rings. The second-order valence-electron chi connectivity index (χ2n) is 5.79. The molecule has 114 valence electrons. The highest BCUT2D eigenvalue weighted by molar-refractivity contribution is 7.87. The second-order valence-corrected chi connectivity index (χ2v) is 7.55. The molecule has 0 aromatic heterocycles. The summed E-state index contributed by atoms with van der Waals surface area (Å²) in [6.07, 6.45) is 2.74. The smallest absolute Gasteiger partial charge is 0.279 e. The predicted octanol–water partition coefficient (Wildman–Crippen LogP) is 1.19. The van der Waals surface area contributed by atoms with E-state index in [0.29, 0.717) is 31.5 Å². The van der Waals surface area contributed by atoms with Crippen LogP contribution >= 0.6 is 0 Å². The summed E-state index contributed by atoms with van der Waals surface area (Å²) < 4.78 is 28.1. The summed E-state index contributed by atoms with van der Waals surface area (Å²) in [7, 11) is -3.24. The Morgan fingerprint density at radius 1 is 1.26 bits per heavy atom. The van der Waals surface area contributed by atoms with Crippen LogP contribution in [0.5, 0.6) is 0 Å². The minimum absolute atomic E-state index is 0.526. The summed E-state index contributed by atoms with van der Waals surface area (Å²) in [6, 6.07) is 0. The van der Waals surface area contributed by atoms with E-state index in [9.17, 15) is 8.42 Å². The normalized spacial score (nSPS) is 19.2. The lowest BCUT2D eigenvalue weighted by molar-refractivity contribution is 0.263. The van der Waals surface area contributed by atoms with Crippen LogP contribution in [0.2, 0.25) is 0 Å². The van der Waals surface area contributed by atoms with Crippen LogP contribution in [0.1, 0.15) is 40.0 Å². The zero-order valence-electron chi connectivity index (χ0n) is 12.5. The van der Waals surface area contributed by atoms with E-state index in [1.165, 1.54) is 0 Å². The Labute approximate surface area is 118 Å². The molecule has 0 unspecified atom stereocenters. The summed E-state index contributed by atoms with van der Waals surface area (Å²) in [5.74, 6) is 1.27. The molecule has 0 saturated carbocycles. The van der Waals surface area contributed by atoms with Crippen LogP contribution in [-0.2, 0) is 10.2 Å². The highest BCUT2D eigenvalue weighted by Crippen LogP contribution is 2.18. The van der Waals surface area contributed by atoms with E-state index in [1.54, 1.807) is 4.31 Å². The van der Waals surface area contributed by atoms with Crippen LogP contribution in [0.3, 0.4) is 0 Å². The van der Waals surface area contributed by atoms with Gasteiger partial charge in [0, 0.05) is 19.6 Å². The summed E-state index contributed by atoms with van der Waals surface area (Å²) in [5.41, 5.74) is 0. The number of rotatable bonds is 8. The maximum atomic E-state index is 12.0. The summed E-state index contributed by atoms with van der Waals surface area (Å²) in [6.45, 7) is 10.2. The molecule has 1 heterocycles. The molecular formula is C13H29N3O2S. The van der Waals surface area contributed by atoms with E-state index in [4.69, 9.17) is 0 Å². The molecule has 2 N–H and O–H groups in total. The van der Waals surface area contributed by atoms with Crippen LogP contribution in [0.4, 0.5) is 0 Å². The quantitative estimate of drug-likeness (QED) is 0.706. The minimum Gasteiger partial charge on any atom is -0.316 e. The minimum atomic E-state index is -3.24. The number of piperidine rings is 1. The lowest BCUT2D eigenvalue weighted by atomic mass is 9.98. The molecule has 0 amide bonds. The second kappa shape index (κ2) is 8.19. The molecule has 0 aliphatic carbocycles. The van der Waals surface area contributed by atoms with E-state index in [0.717, 1.165) is 32.4 Å². The molecule has 6 heteroatoms. The van der Waals surface area contributed by atoms with Crippen LogP contribution in [-0.4, -0.2) is 45.4 Å². The zero-order chi connectivity index (χ0) is 14.3. The van der Waals surface area contributed by atoms with Crippen molar-refractivity contribution in [1.29, 1.82) is 0 Å². The van der Waals surface area contributed by atoms with Gasteiger partial charge in [0.15, 0.2) is 0 Å². The van der Waals surface area contributed by atoms with Gasteiger partial charge in [-0.05, 0) is 44.2 Å². The number of hydrogen-bond acceptors (Lipinski definition) is 3. The van der Waals surface area contributed by atoms with Crippen molar-refractivity contribution in [3.05, 3.63) is 0 Å². The first kappa shape index (κ1) is 16.9. The molecule has 5 nitrogen and oxygen atoms in total. The van der Waals surface area contributed by atoms with E-state index in [2.05, 4.69) is 23.9 Å². The average Bonchev–Trinajstić information content (AvgIpc) is 2.37. The fraction of sp³-hybridized carbons (Fsp3) is 1.00. The van der Waals surface area contributed by atoms with Gasteiger partial charge in [0.25, 0.3) is 10.2 Å². The molecule has 1 aliphatic rings. The van der Waals surface area contributed by atoms with Crippen molar-refractivity contribution in [3.8, 4) is 0 Å². The Morgan fingerprint density at radius 3 is 2.42 bits per heavy atom. The molecule has 0 radical (unpaired) electrons. The van der Waals surface area contributed by atoms with E-state index >= 15 is 0 Å². The van der Waals surface area contributed by atoms with Crippen molar-refractivity contribution in [3.63, 3.8) is 0 Å². The molecule has 1 aliphatic heterocycles. The third kappa shape index (κ3) is 6.21. The fourth-order valence-corrected chi connectivity index (χ4v) is 3.59. The van der Waals surface area contributed by atoms with Gasteiger partial charge in [-0.15, -0.1) is 0 Å². The van der Waals surface area contributed by atoms with Gasteiger partial charge in [0.2, 0.25) is 0 Å². The summed E-state index contributed by atoms with van der Waals surface area (Å²) in [5, 5.41) is 3.46. The van der Waals surface area contributed by atoms with Crippen molar-refractivity contribution in [2.24, 2.45) is 11.8 Å². The van der Waals surface area contributed by atoms with Crippen LogP contribution in [0, 0.1) is 11.8 Å². The van der Waals surface area contributed by atoms with Gasteiger partial charge in [-0.1, -0.05) is 20.8 Å². The number of hydrogen-bond donors (Lipinski definition) is 2. The molecule has 1 rings (SSSR count). The van der Waals surface area contributed by atoms with Crippen molar-refractivity contribution in [1.82, 2.24) is 14.3 Å². The van der Waals surface area contributed by atoms with E-state index < -0.39 is 10.2 Å². The van der Waals surface area contributed by atoms with Crippen LogP contribution in [0.15, 0.2) is 0 Å². The highest BCUT2D eigenvalue weighted by Gasteiger charge is 2.27. The summed E-state index contributed by atoms with van der Waals surface area (Å²) in [4.78, 5) is 0. The van der Waals surface area contributed by atoms with Gasteiger partial charge in [-0.2, -0.15) is 12.7 Å². The SMILES string of the molecule is CCCNS(=O)(=O)N1CCC(CNCC(C)C)CC1. The average molecular weight is 291 g/mol. The topological polar surface area (TPSA) is 61.4 Å². The van der Waals surface area contributed by atoms with Gasteiger partial charge >= 0.3 is 0 Å². The van der Waals surface area contributed by atoms with Crippen molar-refractivity contribution in [2.45, 2.75) is 40.0 Å². The Hall–Kier alpha value is -0.170. The highest BCUT2D eigenvalue weighted by atomic mass is 32.2. The Balaban J connectivity index is 2.28. The number of nitrogens with one attached hydrogen (secondary N) is 2. The molecule has 0 bridgehead atoms. The molecule has 0 aromatic carbocycles. The molecule has 19 heavy (non-hydrogen) atoms. The first-order valence-electron chi connectivity index (χ1n) is 7.41. The lowest BCUT2D eigenvalue weighted by Gasteiger charge is -2.31. The standard InChI is InChI=1S/C13H29N3O2S/c1-4-7-15-19(17,18)16-8-5-13(6-9-16)11-14-10-12(2)3/h12-15H,4-11H2,1-3H3. The van der Waals surface area contributed by atoms with Gasteiger partial charge in [-0.3, -0.25) is 0 Å².